The first kappa shape index (κ1) is 30.1. The van der Waals surface area contributed by atoms with E-state index < -0.39 is 47.9 Å². The van der Waals surface area contributed by atoms with Crippen molar-refractivity contribution in [2.75, 3.05) is 12.3 Å². The zero-order chi connectivity index (χ0) is 24.8. The van der Waals surface area contributed by atoms with Crippen LogP contribution in [0.1, 0.15) is 59.8 Å². The summed E-state index contributed by atoms with van der Waals surface area (Å²) in [5, 5.41) is 17.3. The number of aliphatic carboxylic acids is 1. The SMILES string of the molecule is CC(C)CC(NC(=O)C(CCCCN)NC(=O)C(CC(C)C)NC(=O)C(N)CS)C(=O)O. The van der Waals surface area contributed by atoms with Crippen LogP contribution < -0.4 is 27.4 Å². The lowest BCUT2D eigenvalue weighted by molar-refractivity contribution is -0.142. The molecule has 0 saturated carbocycles. The van der Waals surface area contributed by atoms with Gasteiger partial charge in [-0.25, -0.2) is 4.79 Å². The molecule has 0 fully saturated rings. The number of carbonyl (C=O) groups is 4. The van der Waals surface area contributed by atoms with Crippen LogP contribution in [0.5, 0.6) is 0 Å². The monoisotopic (exact) mass is 475 g/mol. The number of nitrogens with one attached hydrogen (secondary N) is 3. The van der Waals surface area contributed by atoms with E-state index in [9.17, 15) is 24.3 Å². The van der Waals surface area contributed by atoms with Crippen LogP contribution in [-0.2, 0) is 19.2 Å². The Bertz CT molecular complexity index is 617. The smallest absolute Gasteiger partial charge is 0.326 e. The summed E-state index contributed by atoms with van der Waals surface area (Å²) in [5.41, 5.74) is 11.2. The summed E-state index contributed by atoms with van der Waals surface area (Å²) < 4.78 is 0. The predicted octanol–water partition coefficient (Wildman–Crippen LogP) is 0.00370. The molecule has 4 unspecified atom stereocenters. The van der Waals surface area contributed by atoms with Gasteiger partial charge in [-0.3, -0.25) is 14.4 Å². The summed E-state index contributed by atoms with van der Waals surface area (Å²) >= 11 is 4.00. The van der Waals surface area contributed by atoms with Gasteiger partial charge in [-0.2, -0.15) is 12.6 Å². The number of amides is 3. The first-order valence-electron chi connectivity index (χ1n) is 11.1. The minimum Gasteiger partial charge on any atom is -0.480 e. The van der Waals surface area contributed by atoms with Crippen LogP contribution in [0.2, 0.25) is 0 Å². The molecule has 3 amide bonds. The first-order chi connectivity index (χ1) is 14.9. The molecule has 32 heavy (non-hydrogen) atoms. The Hall–Kier alpha value is -1.85. The van der Waals surface area contributed by atoms with E-state index in [1.165, 1.54) is 0 Å². The molecule has 0 bridgehead atoms. The van der Waals surface area contributed by atoms with Crippen molar-refractivity contribution < 1.29 is 24.3 Å². The van der Waals surface area contributed by atoms with Gasteiger partial charge >= 0.3 is 5.97 Å². The van der Waals surface area contributed by atoms with E-state index in [1.54, 1.807) is 0 Å². The molecule has 0 saturated heterocycles. The van der Waals surface area contributed by atoms with Crippen LogP contribution in [-0.4, -0.2) is 65.3 Å². The van der Waals surface area contributed by atoms with Gasteiger partial charge in [0.2, 0.25) is 17.7 Å². The van der Waals surface area contributed by atoms with Gasteiger partial charge in [0.25, 0.3) is 0 Å². The van der Waals surface area contributed by atoms with Crippen molar-refractivity contribution in [1.82, 2.24) is 16.0 Å². The van der Waals surface area contributed by atoms with E-state index in [0.29, 0.717) is 32.2 Å². The average Bonchev–Trinajstić information content (AvgIpc) is 2.70. The number of rotatable bonds is 16. The molecule has 0 aliphatic rings. The summed E-state index contributed by atoms with van der Waals surface area (Å²) in [7, 11) is 0. The number of nitrogens with two attached hydrogens (primary N) is 2. The maximum atomic E-state index is 13.0. The summed E-state index contributed by atoms with van der Waals surface area (Å²) in [5.74, 6) is -2.48. The molecule has 0 spiro atoms. The number of carboxylic acids is 1. The van der Waals surface area contributed by atoms with Crippen molar-refractivity contribution in [3.63, 3.8) is 0 Å². The van der Waals surface area contributed by atoms with Crippen LogP contribution in [0.25, 0.3) is 0 Å². The third kappa shape index (κ3) is 12.3. The van der Waals surface area contributed by atoms with Gasteiger partial charge in [-0.15, -0.1) is 0 Å². The Morgan fingerprint density at radius 2 is 1.28 bits per heavy atom. The lowest BCUT2D eigenvalue weighted by Crippen LogP contribution is -2.57. The van der Waals surface area contributed by atoms with E-state index in [4.69, 9.17) is 11.5 Å². The largest absolute Gasteiger partial charge is 0.480 e. The number of hydrogen-bond donors (Lipinski definition) is 7. The molecule has 11 heteroatoms. The third-order valence-electron chi connectivity index (χ3n) is 4.78. The van der Waals surface area contributed by atoms with Crippen molar-refractivity contribution in [3.8, 4) is 0 Å². The summed E-state index contributed by atoms with van der Waals surface area (Å²) in [6.07, 6.45) is 2.12. The third-order valence-corrected chi connectivity index (χ3v) is 5.17. The second-order valence-corrected chi connectivity index (χ2v) is 9.22. The number of thiol groups is 1. The molecule has 8 N–H and O–H groups in total. The van der Waals surface area contributed by atoms with Crippen molar-refractivity contribution in [1.29, 1.82) is 0 Å². The first-order valence-corrected chi connectivity index (χ1v) is 11.8. The number of carboxylic acid groups (broad SMARTS) is 1. The molecule has 0 aromatic carbocycles. The second kappa shape index (κ2) is 15.9. The van der Waals surface area contributed by atoms with Gasteiger partial charge in [0.15, 0.2) is 0 Å². The van der Waals surface area contributed by atoms with Crippen LogP contribution in [0.4, 0.5) is 0 Å². The van der Waals surface area contributed by atoms with Gasteiger partial charge in [-0.1, -0.05) is 27.7 Å². The molecular formula is C21H41N5O5S. The van der Waals surface area contributed by atoms with Crippen molar-refractivity contribution in [2.24, 2.45) is 23.3 Å². The summed E-state index contributed by atoms with van der Waals surface area (Å²) in [6.45, 7) is 7.95. The molecule has 0 rings (SSSR count). The maximum absolute atomic E-state index is 13.0. The van der Waals surface area contributed by atoms with Crippen molar-refractivity contribution in [3.05, 3.63) is 0 Å². The molecule has 0 radical (unpaired) electrons. The van der Waals surface area contributed by atoms with E-state index in [0.717, 1.165) is 0 Å². The summed E-state index contributed by atoms with van der Waals surface area (Å²) in [6, 6.07) is -3.76. The Morgan fingerprint density at radius 1 is 0.812 bits per heavy atom. The molecular weight excluding hydrogens is 434 g/mol. The highest BCUT2D eigenvalue weighted by atomic mass is 32.1. The van der Waals surface area contributed by atoms with Crippen molar-refractivity contribution >= 4 is 36.3 Å². The minimum absolute atomic E-state index is 0.0587. The average molecular weight is 476 g/mol. The fourth-order valence-electron chi connectivity index (χ4n) is 3.06. The Labute approximate surface area is 196 Å². The molecule has 10 nitrogen and oxygen atoms in total. The van der Waals surface area contributed by atoms with Gasteiger partial charge in [-0.05, 0) is 50.5 Å². The molecule has 186 valence electrons. The molecule has 4 atom stereocenters. The van der Waals surface area contributed by atoms with E-state index in [2.05, 4.69) is 28.6 Å². The number of unbranched alkanes of at least 4 members (excludes halogenated alkanes) is 1. The van der Waals surface area contributed by atoms with Gasteiger partial charge in [0.1, 0.15) is 18.1 Å². The minimum atomic E-state index is -1.13. The number of carbonyl (C=O) groups excluding carboxylic acids is 3. The van der Waals surface area contributed by atoms with Crippen LogP contribution in [0.15, 0.2) is 0 Å². The quantitative estimate of drug-likeness (QED) is 0.121. The molecule has 0 aromatic rings. The highest BCUT2D eigenvalue weighted by Crippen LogP contribution is 2.10. The lowest BCUT2D eigenvalue weighted by atomic mass is 10.0. The maximum Gasteiger partial charge on any atom is 0.326 e. The molecule has 0 aliphatic heterocycles. The molecule has 0 aliphatic carbocycles. The van der Waals surface area contributed by atoms with Gasteiger partial charge in [0.05, 0.1) is 6.04 Å². The zero-order valence-corrected chi connectivity index (χ0v) is 20.5. The van der Waals surface area contributed by atoms with Crippen LogP contribution >= 0.6 is 12.6 Å². The van der Waals surface area contributed by atoms with E-state index in [1.807, 2.05) is 27.7 Å². The van der Waals surface area contributed by atoms with Gasteiger partial charge in [0, 0.05) is 5.75 Å². The van der Waals surface area contributed by atoms with Crippen LogP contribution in [0.3, 0.4) is 0 Å². The zero-order valence-electron chi connectivity index (χ0n) is 19.6. The molecule has 0 heterocycles. The topological polar surface area (TPSA) is 177 Å². The van der Waals surface area contributed by atoms with E-state index >= 15 is 0 Å². The Balaban J connectivity index is 5.46. The normalized spacial score (nSPS) is 15.0. The Kier molecular flexibility index (Phi) is 15.0. The fraction of sp³-hybridized carbons (Fsp3) is 0.810. The summed E-state index contributed by atoms with van der Waals surface area (Å²) in [4.78, 5) is 49.6. The standard InChI is InChI=1S/C21H41N5O5S/c1-12(2)9-16(25-18(27)14(23)11-32)20(29)24-15(7-5-6-8-22)19(28)26-17(21(30)31)10-13(3)4/h12-17,32H,5-11,22-23H2,1-4H3,(H,24,29)(H,25,27)(H,26,28)(H,30,31). The highest BCUT2D eigenvalue weighted by molar-refractivity contribution is 7.80. The highest BCUT2D eigenvalue weighted by Gasteiger charge is 2.30. The van der Waals surface area contributed by atoms with Crippen molar-refractivity contribution in [2.45, 2.75) is 84.0 Å². The molecule has 0 aromatic heterocycles. The van der Waals surface area contributed by atoms with E-state index in [-0.39, 0.29) is 24.0 Å². The fourth-order valence-corrected chi connectivity index (χ4v) is 3.23. The number of hydrogen-bond acceptors (Lipinski definition) is 7. The second-order valence-electron chi connectivity index (χ2n) is 8.85. The predicted molar refractivity (Wildman–Crippen MR) is 127 cm³/mol. The Morgan fingerprint density at radius 3 is 1.75 bits per heavy atom. The van der Waals surface area contributed by atoms with Crippen LogP contribution in [0, 0.1) is 11.8 Å². The van der Waals surface area contributed by atoms with Gasteiger partial charge < -0.3 is 32.5 Å². The lowest BCUT2D eigenvalue weighted by Gasteiger charge is -2.26.